The molecule has 0 spiro atoms. The Balaban J connectivity index is 1.70. The van der Waals surface area contributed by atoms with E-state index in [4.69, 9.17) is 4.74 Å². The molecular formula is C16H22FNO4S. The monoisotopic (exact) mass is 343 g/mol. The molecule has 2 aliphatic rings. The molecule has 2 heterocycles. The zero-order valence-corrected chi connectivity index (χ0v) is 13.9. The normalized spacial score (nSPS) is 32.5. The zero-order chi connectivity index (χ0) is 16.7. The molecule has 7 heteroatoms. The second-order valence-corrected chi connectivity index (χ2v) is 8.71. The summed E-state index contributed by atoms with van der Waals surface area (Å²) in [5, 5.41) is 10.2. The number of benzene rings is 1. The van der Waals surface area contributed by atoms with Crippen molar-refractivity contribution in [3.63, 3.8) is 0 Å². The maximum atomic E-state index is 13.0. The lowest BCUT2D eigenvalue weighted by Crippen LogP contribution is -2.43. The highest BCUT2D eigenvalue weighted by Crippen LogP contribution is 2.32. The number of rotatable bonds is 4. The zero-order valence-electron chi connectivity index (χ0n) is 13.1. The predicted octanol–water partition coefficient (Wildman–Crippen LogP) is 1.31. The predicted molar refractivity (Wildman–Crippen MR) is 84.0 cm³/mol. The number of aliphatic hydroxyl groups is 1. The first-order valence-corrected chi connectivity index (χ1v) is 9.38. The van der Waals surface area contributed by atoms with Crippen LogP contribution in [0.4, 0.5) is 4.39 Å². The minimum atomic E-state index is -3.47. The topological polar surface area (TPSA) is 66.8 Å². The Labute approximate surface area is 136 Å². The van der Waals surface area contributed by atoms with Crippen molar-refractivity contribution in [2.24, 2.45) is 0 Å². The Morgan fingerprint density at radius 3 is 2.70 bits per heavy atom. The third-order valence-electron chi connectivity index (χ3n) is 4.79. The van der Waals surface area contributed by atoms with E-state index in [1.165, 1.54) is 16.4 Å². The summed E-state index contributed by atoms with van der Waals surface area (Å²) in [4.78, 5) is 0. The summed E-state index contributed by atoms with van der Waals surface area (Å²) in [5.74, 6) is -0.327. The molecule has 0 aliphatic carbocycles. The van der Waals surface area contributed by atoms with E-state index in [1.54, 1.807) is 19.1 Å². The molecule has 0 amide bonds. The van der Waals surface area contributed by atoms with E-state index in [0.717, 1.165) is 5.56 Å². The van der Waals surface area contributed by atoms with Crippen LogP contribution >= 0.6 is 0 Å². The first-order valence-electron chi connectivity index (χ1n) is 7.88. The first kappa shape index (κ1) is 16.8. The molecule has 0 saturated carbocycles. The molecule has 0 bridgehead atoms. The molecule has 128 valence electrons. The van der Waals surface area contributed by atoms with Gasteiger partial charge in [-0.2, -0.15) is 4.31 Å². The van der Waals surface area contributed by atoms with Crippen LogP contribution in [0.5, 0.6) is 0 Å². The maximum absolute atomic E-state index is 13.0. The summed E-state index contributed by atoms with van der Waals surface area (Å²) in [6.07, 6.45) is 0.878. The lowest BCUT2D eigenvalue weighted by Gasteiger charge is -2.26. The van der Waals surface area contributed by atoms with E-state index in [2.05, 4.69) is 0 Å². The van der Waals surface area contributed by atoms with E-state index in [1.807, 2.05) is 0 Å². The van der Waals surface area contributed by atoms with Gasteiger partial charge in [0.15, 0.2) is 0 Å². The maximum Gasteiger partial charge on any atom is 0.219 e. The Morgan fingerprint density at radius 2 is 2.09 bits per heavy atom. The number of nitrogens with zero attached hydrogens (tertiary/aromatic N) is 1. The Morgan fingerprint density at radius 1 is 1.39 bits per heavy atom. The standard InChI is InChI=1S/C16H22FNO4S/c1-12-15(6-9-22-12)23(20,21)18-8-7-16(19,11-18)10-13-2-4-14(17)5-3-13/h2-5,12,15,19H,6-11H2,1H3. The van der Waals surface area contributed by atoms with Gasteiger partial charge in [0.2, 0.25) is 10.0 Å². The van der Waals surface area contributed by atoms with Crippen LogP contribution in [0.15, 0.2) is 24.3 Å². The lowest BCUT2D eigenvalue weighted by atomic mass is 9.94. The van der Waals surface area contributed by atoms with E-state index < -0.39 is 20.9 Å². The molecule has 0 radical (unpaired) electrons. The average molecular weight is 343 g/mol. The number of hydrogen-bond donors (Lipinski definition) is 1. The molecule has 1 aromatic carbocycles. The van der Waals surface area contributed by atoms with Crippen LogP contribution in [0.3, 0.4) is 0 Å². The second-order valence-electron chi connectivity index (χ2n) is 6.56. The van der Waals surface area contributed by atoms with Gasteiger partial charge in [-0.25, -0.2) is 12.8 Å². The molecule has 1 aromatic rings. The molecular weight excluding hydrogens is 321 g/mol. The van der Waals surface area contributed by atoms with Crippen LogP contribution in [-0.4, -0.2) is 54.5 Å². The number of hydrogen-bond acceptors (Lipinski definition) is 4. The molecule has 2 saturated heterocycles. The molecule has 23 heavy (non-hydrogen) atoms. The quantitative estimate of drug-likeness (QED) is 0.895. The Bertz CT molecular complexity index is 663. The smallest absolute Gasteiger partial charge is 0.219 e. The lowest BCUT2D eigenvalue weighted by molar-refractivity contribution is 0.0561. The Kier molecular flexibility index (Phi) is 4.48. The number of sulfonamides is 1. The number of β-amino-alcohol motifs (C(OH)–C–C–N with tert-alkyl or cyclic N) is 1. The van der Waals surface area contributed by atoms with Gasteiger partial charge >= 0.3 is 0 Å². The summed E-state index contributed by atoms with van der Waals surface area (Å²) in [6.45, 7) is 2.62. The van der Waals surface area contributed by atoms with Gasteiger partial charge in [0.1, 0.15) is 11.1 Å². The van der Waals surface area contributed by atoms with Gasteiger partial charge < -0.3 is 9.84 Å². The minimum absolute atomic E-state index is 0.0793. The highest BCUT2D eigenvalue weighted by Gasteiger charge is 2.46. The largest absolute Gasteiger partial charge is 0.388 e. The SMILES string of the molecule is CC1OCCC1S(=O)(=O)N1CCC(O)(Cc2ccc(F)cc2)C1. The first-order chi connectivity index (χ1) is 10.8. The fourth-order valence-corrected chi connectivity index (χ4v) is 5.56. The van der Waals surface area contributed by atoms with Crippen molar-refractivity contribution >= 4 is 10.0 Å². The van der Waals surface area contributed by atoms with Crippen molar-refractivity contribution in [1.82, 2.24) is 4.31 Å². The van der Waals surface area contributed by atoms with Crippen LogP contribution in [0.25, 0.3) is 0 Å². The van der Waals surface area contributed by atoms with Gasteiger partial charge in [0.25, 0.3) is 0 Å². The fourth-order valence-electron chi connectivity index (χ4n) is 3.46. The van der Waals surface area contributed by atoms with Gasteiger partial charge in [-0.05, 0) is 37.5 Å². The van der Waals surface area contributed by atoms with E-state index in [9.17, 15) is 17.9 Å². The molecule has 3 unspecified atom stereocenters. The third kappa shape index (κ3) is 3.42. The van der Waals surface area contributed by atoms with Crippen LogP contribution in [0, 0.1) is 5.82 Å². The number of halogens is 1. The molecule has 0 aromatic heterocycles. The van der Waals surface area contributed by atoms with Crippen molar-refractivity contribution in [2.75, 3.05) is 19.7 Å². The van der Waals surface area contributed by atoms with Crippen LogP contribution in [0.1, 0.15) is 25.3 Å². The van der Waals surface area contributed by atoms with E-state index >= 15 is 0 Å². The van der Waals surface area contributed by atoms with Crippen molar-refractivity contribution < 1.29 is 22.7 Å². The molecule has 2 aliphatic heterocycles. The summed E-state index contributed by atoms with van der Waals surface area (Å²) < 4.78 is 45.1. The fraction of sp³-hybridized carbons (Fsp3) is 0.625. The second kappa shape index (κ2) is 6.12. The summed E-state index contributed by atoms with van der Waals surface area (Å²) in [5.41, 5.74) is -0.307. The van der Waals surface area contributed by atoms with Gasteiger partial charge in [0, 0.05) is 26.1 Å². The van der Waals surface area contributed by atoms with E-state index in [0.29, 0.717) is 32.4 Å². The van der Waals surface area contributed by atoms with Gasteiger partial charge in [-0.1, -0.05) is 12.1 Å². The number of ether oxygens (including phenoxy) is 1. The molecule has 1 N–H and O–H groups in total. The summed E-state index contributed by atoms with van der Waals surface area (Å²) >= 11 is 0. The van der Waals surface area contributed by atoms with Crippen LogP contribution < -0.4 is 0 Å². The minimum Gasteiger partial charge on any atom is -0.388 e. The summed E-state index contributed by atoms with van der Waals surface area (Å²) in [7, 11) is -3.47. The molecule has 3 atom stereocenters. The van der Waals surface area contributed by atoms with Crippen molar-refractivity contribution in [1.29, 1.82) is 0 Å². The van der Waals surface area contributed by atoms with Crippen molar-refractivity contribution in [3.8, 4) is 0 Å². The van der Waals surface area contributed by atoms with Crippen molar-refractivity contribution in [3.05, 3.63) is 35.6 Å². The highest BCUT2D eigenvalue weighted by molar-refractivity contribution is 7.89. The Hall–Kier alpha value is -1.02. The highest BCUT2D eigenvalue weighted by atomic mass is 32.2. The van der Waals surface area contributed by atoms with Crippen LogP contribution in [-0.2, 0) is 21.2 Å². The van der Waals surface area contributed by atoms with Gasteiger partial charge in [0.05, 0.1) is 11.7 Å². The van der Waals surface area contributed by atoms with Crippen molar-refractivity contribution in [2.45, 2.75) is 43.1 Å². The van der Waals surface area contributed by atoms with Gasteiger partial charge in [-0.3, -0.25) is 0 Å². The third-order valence-corrected chi connectivity index (χ3v) is 7.21. The molecule has 2 fully saturated rings. The average Bonchev–Trinajstić information content (AvgIpc) is 3.09. The molecule has 5 nitrogen and oxygen atoms in total. The van der Waals surface area contributed by atoms with Gasteiger partial charge in [-0.15, -0.1) is 0 Å². The van der Waals surface area contributed by atoms with Crippen LogP contribution in [0.2, 0.25) is 0 Å². The summed E-state index contributed by atoms with van der Waals surface area (Å²) in [6, 6.07) is 5.94. The molecule has 3 rings (SSSR count). The van der Waals surface area contributed by atoms with E-state index in [-0.39, 0.29) is 18.5 Å².